The normalized spacial score (nSPS) is 14.2. The molecule has 0 saturated heterocycles. The van der Waals surface area contributed by atoms with Crippen molar-refractivity contribution in [1.29, 1.82) is 0 Å². The average Bonchev–Trinajstić information content (AvgIpc) is 3.20. The van der Waals surface area contributed by atoms with Crippen molar-refractivity contribution in [2.75, 3.05) is 26.7 Å². The summed E-state index contributed by atoms with van der Waals surface area (Å²) in [7, 11) is 2.12. The first-order valence-electron chi connectivity index (χ1n) is 9.49. The van der Waals surface area contributed by atoms with E-state index in [2.05, 4.69) is 58.8 Å². The molecule has 0 radical (unpaired) electrons. The van der Waals surface area contributed by atoms with Crippen LogP contribution in [-0.4, -0.2) is 42.6 Å². The van der Waals surface area contributed by atoms with Gasteiger partial charge in [0, 0.05) is 18.0 Å². The molecule has 3 N–H and O–H groups in total. The molecule has 0 aliphatic rings. The van der Waals surface area contributed by atoms with E-state index in [1.54, 1.807) is 11.3 Å². The third-order valence-corrected chi connectivity index (χ3v) is 5.52. The van der Waals surface area contributed by atoms with Crippen LogP contribution in [0.25, 0.3) is 0 Å². The molecule has 1 heterocycles. The number of rotatable bonds is 9. The van der Waals surface area contributed by atoms with Crippen LogP contribution in [0.15, 0.2) is 46.8 Å². The predicted octanol–water partition coefficient (Wildman–Crippen LogP) is 3.16. The molecular formula is C21H32N4OS. The standard InChI is InChI=1S/C21H32N4OS/c1-5-22-20(24-16-21(3,26)19-11-8-12-27-19)23-14-17-9-7-10-18(13-17)15-25(4)6-2/h7-13,26H,5-6,14-16H2,1-4H3,(H2,22,23,24). The maximum Gasteiger partial charge on any atom is 0.191 e. The summed E-state index contributed by atoms with van der Waals surface area (Å²) < 4.78 is 0. The zero-order valence-corrected chi connectivity index (χ0v) is 17.6. The SMILES string of the molecule is CCNC(=NCc1cccc(CN(C)CC)c1)NCC(C)(O)c1cccs1. The molecule has 1 aromatic heterocycles. The Morgan fingerprint density at radius 3 is 2.63 bits per heavy atom. The summed E-state index contributed by atoms with van der Waals surface area (Å²) in [6.07, 6.45) is 0. The van der Waals surface area contributed by atoms with Gasteiger partial charge in [-0.25, -0.2) is 4.99 Å². The molecular weight excluding hydrogens is 356 g/mol. The molecule has 5 nitrogen and oxygen atoms in total. The predicted molar refractivity (Wildman–Crippen MR) is 115 cm³/mol. The molecule has 1 aromatic carbocycles. The largest absolute Gasteiger partial charge is 0.383 e. The third kappa shape index (κ3) is 6.97. The fraction of sp³-hybridized carbons (Fsp3) is 0.476. The molecule has 148 valence electrons. The maximum atomic E-state index is 10.7. The smallest absolute Gasteiger partial charge is 0.191 e. The Morgan fingerprint density at radius 2 is 1.96 bits per heavy atom. The van der Waals surface area contributed by atoms with Crippen LogP contribution < -0.4 is 10.6 Å². The second-order valence-electron chi connectivity index (χ2n) is 6.95. The van der Waals surface area contributed by atoms with Gasteiger partial charge in [0.05, 0.1) is 13.1 Å². The van der Waals surface area contributed by atoms with Gasteiger partial charge in [0.2, 0.25) is 0 Å². The van der Waals surface area contributed by atoms with E-state index in [4.69, 9.17) is 0 Å². The maximum absolute atomic E-state index is 10.7. The molecule has 0 amide bonds. The van der Waals surface area contributed by atoms with Crippen molar-refractivity contribution in [2.24, 2.45) is 4.99 Å². The van der Waals surface area contributed by atoms with E-state index in [0.29, 0.717) is 19.0 Å². The Hall–Kier alpha value is -1.89. The molecule has 2 aromatic rings. The Morgan fingerprint density at radius 1 is 1.19 bits per heavy atom. The quantitative estimate of drug-likeness (QED) is 0.456. The molecule has 0 saturated carbocycles. The van der Waals surface area contributed by atoms with Gasteiger partial charge in [-0.05, 0) is 50.0 Å². The topological polar surface area (TPSA) is 59.9 Å². The molecule has 1 unspecified atom stereocenters. The Labute approximate surface area is 167 Å². The second-order valence-corrected chi connectivity index (χ2v) is 7.90. The van der Waals surface area contributed by atoms with Crippen molar-refractivity contribution in [3.63, 3.8) is 0 Å². The van der Waals surface area contributed by atoms with E-state index in [-0.39, 0.29) is 0 Å². The van der Waals surface area contributed by atoms with Crippen molar-refractivity contribution >= 4 is 17.3 Å². The molecule has 27 heavy (non-hydrogen) atoms. The average molecular weight is 389 g/mol. The van der Waals surface area contributed by atoms with Crippen LogP contribution in [0.4, 0.5) is 0 Å². The van der Waals surface area contributed by atoms with Crippen LogP contribution in [0.1, 0.15) is 36.8 Å². The number of nitrogens with one attached hydrogen (secondary N) is 2. The summed E-state index contributed by atoms with van der Waals surface area (Å²) in [4.78, 5) is 7.90. The zero-order valence-electron chi connectivity index (χ0n) is 16.8. The molecule has 1 atom stereocenters. The van der Waals surface area contributed by atoms with Crippen LogP contribution in [0, 0.1) is 0 Å². The number of nitrogens with zero attached hydrogens (tertiary/aromatic N) is 2. The van der Waals surface area contributed by atoms with Crippen molar-refractivity contribution in [2.45, 2.75) is 39.5 Å². The van der Waals surface area contributed by atoms with Gasteiger partial charge in [-0.3, -0.25) is 0 Å². The minimum Gasteiger partial charge on any atom is -0.383 e. The highest BCUT2D eigenvalue weighted by Crippen LogP contribution is 2.24. The highest BCUT2D eigenvalue weighted by Gasteiger charge is 2.24. The second kappa shape index (κ2) is 10.4. The number of hydrogen-bond acceptors (Lipinski definition) is 4. The zero-order chi connectivity index (χ0) is 19.7. The lowest BCUT2D eigenvalue weighted by molar-refractivity contribution is 0.0655. The number of guanidine groups is 1. The minimum absolute atomic E-state index is 0.403. The summed E-state index contributed by atoms with van der Waals surface area (Å²) in [5.74, 6) is 0.713. The van der Waals surface area contributed by atoms with Crippen LogP contribution in [-0.2, 0) is 18.7 Å². The summed E-state index contributed by atoms with van der Waals surface area (Å²) in [6.45, 7) is 9.76. The van der Waals surface area contributed by atoms with Crippen molar-refractivity contribution in [3.05, 3.63) is 57.8 Å². The highest BCUT2D eigenvalue weighted by atomic mass is 32.1. The first-order chi connectivity index (χ1) is 12.9. The fourth-order valence-electron chi connectivity index (χ4n) is 2.69. The number of aliphatic imine (C=N–C) groups is 1. The monoisotopic (exact) mass is 388 g/mol. The molecule has 0 spiro atoms. The summed E-state index contributed by atoms with van der Waals surface area (Å²) >= 11 is 1.56. The molecule has 2 rings (SSSR count). The van der Waals surface area contributed by atoms with Gasteiger partial charge in [0.15, 0.2) is 5.96 Å². The summed E-state index contributed by atoms with van der Waals surface area (Å²) in [6, 6.07) is 12.5. The fourth-order valence-corrected chi connectivity index (χ4v) is 3.48. The van der Waals surface area contributed by atoms with Crippen molar-refractivity contribution in [3.8, 4) is 0 Å². The van der Waals surface area contributed by atoms with Crippen molar-refractivity contribution < 1.29 is 5.11 Å². The molecule has 0 aliphatic carbocycles. The van der Waals surface area contributed by atoms with Gasteiger partial charge < -0.3 is 20.6 Å². The van der Waals surface area contributed by atoms with Crippen LogP contribution in [0.3, 0.4) is 0 Å². The lowest BCUT2D eigenvalue weighted by atomic mass is 10.1. The Kier molecular flexibility index (Phi) is 8.28. The van der Waals surface area contributed by atoms with Crippen LogP contribution in [0.2, 0.25) is 0 Å². The van der Waals surface area contributed by atoms with Gasteiger partial charge in [-0.1, -0.05) is 37.3 Å². The highest BCUT2D eigenvalue weighted by molar-refractivity contribution is 7.10. The van der Waals surface area contributed by atoms with Gasteiger partial charge in [0.1, 0.15) is 5.60 Å². The molecule has 6 heteroatoms. The van der Waals surface area contributed by atoms with Gasteiger partial charge >= 0.3 is 0 Å². The lowest BCUT2D eigenvalue weighted by Gasteiger charge is -2.23. The summed E-state index contributed by atoms with van der Waals surface area (Å²) in [5.41, 5.74) is 1.56. The minimum atomic E-state index is -0.922. The number of hydrogen-bond donors (Lipinski definition) is 3. The lowest BCUT2D eigenvalue weighted by Crippen LogP contribution is -2.44. The van der Waals surface area contributed by atoms with E-state index in [1.807, 2.05) is 31.4 Å². The number of thiophene rings is 1. The molecule has 0 bridgehead atoms. The number of aliphatic hydroxyl groups is 1. The van der Waals surface area contributed by atoms with E-state index in [0.717, 1.165) is 24.5 Å². The van der Waals surface area contributed by atoms with Crippen LogP contribution >= 0.6 is 11.3 Å². The summed E-state index contributed by atoms with van der Waals surface area (Å²) in [5, 5.41) is 19.2. The van der Waals surface area contributed by atoms with Crippen LogP contribution in [0.5, 0.6) is 0 Å². The van der Waals surface area contributed by atoms with Crippen molar-refractivity contribution in [1.82, 2.24) is 15.5 Å². The first kappa shape index (κ1) is 21.4. The van der Waals surface area contributed by atoms with E-state index < -0.39 is 5.60 Å². The van der Waals surface area contributed by atoms with E-state index >= 15 is 0 Å². The Balaban J connectivity index is 1.99. The molecule has 0 aliphatic heterocycles. The molecule has 0 fully saturated rings. The number of benzene rings is 1. The van der Waals surface area contributed by atoms with E-state index in [9.17, 15) is 5.11 Å². The third-order valence-electron chi connectivity index (χ3n) is 4.40. The Bertz CT molecular complexity index is 713. The van der Waals surface area contributed by atoms with Gasteiger partial charge in [-0.2, -0.15) is 0 Å². The van der Waals surface area contributed by atoms with Gasteiger partial charge in [0.25, 0.3) is 0 Å². The van der Waals surface area contributed by atoms with Gasteiger partial charge in [-0.15, -0.1) is 11.3 Å². The first-order valence-corrected chi connectivity index (χ1v) is 10.4. The van der Waals surface area contributed by atoms with E-state index in [1.165, 1.54) is 11.1 Å².